The van der Waals surface area contributed by atoms with Crippen molar-refractivity contribution in [3.8, 4) is 12.0 Å². The Morgan fingerprint density at radius 2 is 2.00 bits per heavy atom. The van der Waals surface area contributed by atoms with E-state index in [1.54, 1.807) is 18.5 Å². The van der Waals surface area contributed by atoms with Crippen LogP contribution in [0.15, 0.2) is 18.5 Å². The van der Waals surface area contributed by atoms with Crippen molar-refractivity contribution in [1.82, 2.24) is 24.7 Å². The highest BCUT2D eigenvalue weighted by molar-refractivity contribution is 6.28. The van der Waals surface area contributed by atoms with E-state index >= 15 is 0 Å². The van der Waals surface area contributed by atoms with Crippen molar-refractivity contribution in [1.29, 1.82) is 0 Å². The van der Waals surface area contributed by atoms with Gasteiger partial charge in [0.2, 0.25) is 5.28 Å². The largest absolute Gasteiger partial charge is 0.460 e. The Bertz CT molecular complexity index is 566. The molecule has 0 unspecified atom stereocenters. The maximum Gasteiger partial charge on any atom is 0.322 e. The van der Waals surface area contributed by atoms with Gasteiger partial charge in [-0.25, -0.2) is 4.68 Å². The van der Waals surface area contributed by atoms with Crippen LogP contribution in [0.25, 0.3) is 5.95 Å². The lowest BCUT2D eigenvalue weighted by molar-refractivity contribution is 0.124. The number of hydrogen-bond donors (Lipinski definition) is 0. The molecule has 1 saturated carbocycles. The Balaban J connectivity index is 1.76. The lowest BCUT2D eigenvalue weighted by Gasteiger charge is -2.25. The van der Waals surface area contributed by atoms with Crippen LogP contribution in [0.4, 0.5) is 0 Å². The lowest BCUT2D eigenvalue weighted by Crippen LogP contribution is -2.24. The summed E-state index contributed by atoms with van der Waals surface area (Å²) in [6, 6.07) is 2.07. The smallest absolute Gasteiger partial charge is 0.322 e. The summed E-state index contributed by atoms with van der Waals surface area (Å²) in [5, 5.41) is 4.19. The maximum absolute atomic E-state index is 5.92. The molecular weight excluding hydrogens is 278 g/mol. The molecule has 0 N–H and O–H groups in total. The van der Waals surface area contributed by atoms with E-state index in [1.807, 2.05) is 0 Å². The van der Waals surface area contributed by atoms with Gasteiger partial charge in [0.15, 0.2) is 0 Å². The van der Waals surface area contributed by atoms with Gasteiger partial charge < -0.3 is 4.74 Å². The second kappa shape index (κ2) is 5.75. The van der Waals surface area contributed by atoms with Crippen LogP contribution in [-0.2, 0) is 0 Å². The minimum absolute atomic E-state index is 0.115. The van der Waals surface area contributed by atoms with Crippen LogP contribution in [0.1, 0.15) is 32.6 Å². The Hall–Kier alpha value is -1.69. The number of aromatic nitrogens is 5. The molecule has 0 aromatic carbocycles. The predicted molar refractivity (Wildman–Crippen MR) is 74.0 cm³/mol. The minimum atomic E-state index is 0.115. The molecule has 2 aromatic heterocycles. The van der Waals surface area contributed by atoms with Gasteiger partial charge >= 0.3 is 6.01 Å². The highest BCUT2D eigenvalue weighted by atomic mass is 35.5. The summed E-state index contributed by atoms with van der Waals surface area (Å²) in [6.07, 6.45) is 7.97. The van der Waals surface area contributed by atoms with E-state index in [4.69, 9.17) is 16.3 Å². The third-order valence-corrected chi connectivity index (χ3v) is 3.69. The highest BCUT2D eigenvalue weighted by Crippen LogP contribution is 2.26. The highest BCUT2D eigenvalue weighted by Gasteiger charge is 2.21. The first-order valence-electron chi connectivity index (χ1n) is 6.79. The van der Waals surface area contributed by atoms with Crippen molar-refractivity contribution in [3.63, 3.8) is 0 Å². The predicted octanol–water partition coefficient (Wildman–Crippen LogP) is 2.67. The summed E-state index contributed by atoms with van der Waals surface area (Å²) in [7, 11) is 0. The molecule has 7 heteroatoms. The van der Waals surface area contributed by atoms with Crippen molar-refractivity contribution in [2.24, 2.45) is 5.92 Å². The molecule has 0 atom stereocenters. The van der Waals surface area contributed by atoms with E-state index in [0.29, 0.717) is 5.95 Å². The molecule has 0 amide bonds. The third kappa shape index (κ3) is 3.07. The Morgan fingerprint density at radius 1 is 1.20 bits per heavy atom. The number of halogens is 1. The summed E-state index contributed by atoms with van der Waals surface area (Å²) in [6.45, 7) is 2.27. The molecular formula is C13H16ClN5O. The van der Waals surface area contributed by atoms with Gasteiger partial charge in [0.1, 0.15) is 6.10 Å². The number of nitrogens with zero attached hydrogens (tertiary/aromatic N) is 5. The first kappa shape index (κ1) is 13.3. The first-order valence-corrected chi connectivity index (χ1v) is 7.17. The van der Waals surface area contributed by atoms with E-state index in [2.05, 4.69) is 27.0 Å². The molecule has 0 spiro atoms. The first-order chi connectivity index (χ1) is 9.70. The second-order valence-corrected chi connectivity index (χ2v) is 5.48. The quantitative estimate of drug-likeness (QED) is 0.870. The molecule has 20 heavy (non-hydrogen) atoms. The molecule has 0 saturated heterocycles. The van der Waals surface area contributed by atoms with E-state index in [0.717, 1.165) is 18.8 Å². The van der Waals surface area contributed by atoms with Crippen molar-refractivity contribution in [3.05, 3.63) is 23.7 Å². The number of hydrogen-bond acceptors (Lipinski definition) is 5. The van der Waals surface area contributed by atoms with Crippen molar-refractivity contribution >= 4 is 11.6 Å². The molecule has 0 radical (unpaired) electrons. The standard InChI is InChI=1S/C13H16ClN5O/c1-9-3-5-10(6-4-9)20-13-17-11(14)16-12(18-13)19-8-2-7-15-19/h2,7-10H,3-6H2,1H3. The van der Waals surface area contributed by atoms with Gasteiger partial charge in [0.05, 0.1) is 0 Å². The van der Waals surface area contributed by atoms with Crippen molar-refractivity contribution in [2.45, 2.75) is 38.7 Å². The van der Waals surface area contributed by atoms with Gasteiger partial charge in [0.25, 0.3) is 5.95 Å². The van der Waals surface area contributed by atoms with Gasteiger partial charge in [0, 0.05) is 12.4 Å². The third-order valence-electron chi connectivity index (χ3n) is 3.52. The summed E-state index contributed by atoms with van der Waals surface area (Å²) in [5.41, 5.74) is 0. The molecule has 2 heterocycles. The molecule has 0 bridgehead atoms. The second-order valence-electron chi connectivity index (χ2n) is 5.14. The van der Waals surface area contributed by atoms with Gasteiger partial charge in [-0.2, -0.15) is 20.1 Å². The van der Waals surface area contributed by atoms with Gasteiger partial charge in [-0.3, -0.25) is 0 Å². The number of rotatable bonds is 3. The summed E-state index contributed by atoms with van der Waals surface area (Å²) >= 11 is 5.92. The van der Waals surface area contributed by atoms with Crippen LogP contribution >= 0.6 is 11.6 Å². The summed E-state index contributed by atoms with van der Waals surface area (Å²) in [4.78, 5) is 12.3. The summed E-state index contributed by atoms with van der Waals surface area (Å²) in [5.74, 6) is 1.14. The van der Waals surface area contributed by atoms with Crippen molar-refractivity contribution in [2.75, 3.05) is 0 Å². The average molecular weight is 294 g/mol. The Kier molecular flexibility index (Phi) is 3.82. The van der Waals surface area contributed by atoms with E-state index in [1.165, 1.54) is 17.5 Å². The average Bonchev–Trinajstić information content (AvgIpc) is 2.95. The van der Waals surface area contributed by atoms with Crippen LogP contribution in [0.5, 0.6) is 6.01 Å². The topological polar surface area (TPSA) is 65.7 Å². The SMILES string of the molecule is CC1CCC(Oc2nc(Cl)nc(-n3cccn3)n2)CC1. The molecule has 6 nitrogen and oxygen atoms in total. The van der Waals surface area contributed by atoms with E-state index < -0.39 is 0 Å². The zero-order valence-electron chi connectivity index (χ0n) is 11.2. The molecule has 3 rings (SSSR count). The van der Waals surface area contributed by atoms with Crippen LogP contribution in [-0.4, -0.2) is 30.8 Å². The van der Waals surface area contributed by atoms with E-state index in [9.17, 15) is 0 Å². The van der Waals surface area contributed by atoms with Gasteiger partial charge in [-0.1, -0.05) is 6.92 Å². The van der Waals surface area contributed by atoms with Gasteiger partial charge in [-0.15, -0.1) is 0 Å². The van der Waals surface area contributed by atoms with Gasteiger partial charge in [-0.05, 0) is 49.3 Å². The summed E-state index contributed by atoms with van der Waals surface area (Å²) < 4.78 is 7.37. The fourth-order valence-corrected chi connectivity index (χ4v) is 2.51. The molecule has 1 fully saturated rings. The maximum atomic E-state index is 5.92. The molecule has 106 valence electrons. The fraction of sp³-hybridized carbons (Fsp3) is 0.538. The van der Waals surface area contributed by atoms with E-state index in [-0.39, 0.29) is 17.4 Å². The number of ether oxygens (including phenoxy) is 1. The van der Waals surface area contributed by atoms with Crippen molar-refractivity contribution < 1.29 is 4.74 Å². The zero-order valence-corrected chi connectivity index (χ0v) is 12.0. The zero-order chi connectivity index (χ0) is 13.9. The molecule has 0 aliphatic heterocycles. The Morgan fingerprint density at radius 3 is 2.70 bits per heavy atom. The fourth-order valence-electron chi connectivity index (χ4n) is 2.36. The monoisotopic (exact) mass is 293 g/mol. The van der Waals surface area contributed by atoms with Crippen LogP contribution < -0.4 is 4.74 Å². The van der Waals surface area contributed by atoms with Crippen LogP contribution in [0.3, 0.4) is 0 Å². The van der Waals surface area contributed by atoms with Crippen LogP contribution in [0.2, 0.25) is 5.28 Å². The molecule has 2 aromatic rings. The molecule has 1 aliphatic rings. The minimum Gasteiger partial charge on any atom is -0.460 e. The normalized spacial score (nSPS) is 22.7. The lowest BCUT2D eigenvalue weighted by atomic mass is 9.89. The van der Waals surface area contributed by atoms with Crippen LogP contribution in [0, 0.1) is 5.92 Å². The Labute approximate surface area is 122 Å². The molecule has 1 aliphatic carbocycles.